The topological polar surface area (TPSA) is 94.7 Å². The number of nitrogens with one attached hydrogen (secondary N) is 3. The first-order valence-corrected chi connectivity index (χ1v) is 10.8. The molecule has 0 aliphatic rings. The number of thiocarbonyl (C=S) groups is 1. The zero-order valence-electron chi connectivity index (χ0n) is 18.1. The number of aromatic nitrogens is 3. The SMILES string of the molecule is Cc1cc(C)nc(NC(N)=[N+](CCc2c[nH]c3ccccc23)C(=S)Nc2ccccc2)n1. The second kappa shape index (κ2) is 9.57. The van der Waals surface area contributed by atoms with Crippen LogP contribution in [0.2, 0.25) is 0 Å². The molecule has 8 heteroatoms. The van der Waals surface area contributed by atoms with Crippen molar-refractivity contribution in [3.05, 3.63) is 83.8 Å². The molecule has 2 heterocycles. The van der Waals surface area contributed by atoms with Crippen molar-refractivity contribution in [2.45, 2.75) is 20.3 Å². The number of hydrogen-bond donors (Lipinski definition) is 4. The third kappa shape index (κ3) is 5.09. The van der Waals surface area contributed by atoms with Gasteiger partial charge in [0.15, 0.2) is 0 Å². The summed E-state index contributed by atoms with van der Waals surface area (Å²) >= 11 is 5.72. The van der Waals surface area contributed by atoms with Gasteiger partial charge in [-0.25, -0.2) is 19.9 Å². The average Bonchev–Trinajstić information content (AvgIpc) is 3.17. The number of guanidine groups is 1. The Bertz CT molecular complexity index is 1260. The van der Waals surface area contributed by atoms with Crippen LogP contribution in [0, 0.1) is 13.8 Å². The largest absolute Gasteiger partial charge is 0.361 e. The molecule has 4 rings (SSSR count). The summed E-state index contributed by atoms with van der Waals surface area (Å²) in [4.78, 5) is 12.2. The van der Waals surface area contributed by atoms with Gasteiger partial charge >= 0.3 is 5.96 Å². The van der Waals surface area contributed by atoms with Gasteiger partial charge in [-0.05, 0) is 55.9 Å². The molecule has 0 bridgehead atoms. The van der Waals surface area contributed by atoms with Crippen LogP contribution < -0.4 is 16.4 Å². The third-order valence-electron chi connectivity index (χ3n) is 5.06. The first-order valence-electron chi connectivity index (χ1n) is 10.4. The number of H-pyrrole nitrogens is 1. The van der Waals surface area contributed by atoms with Crippen molar-refractivity contribution < 1.29 is 4.58 Å². The van der Waals surface area contributed by atoms with Gasteiger partial charge in [-0.3, -0.25) is 5.32 Å². The van der Waals surface area contributed by atoms with E-state index >= 15 is 0 Å². The molecule has 0 spiro atoms. The Labute approximate surface area is 192 Å². The zero-order valence-corrected chi connectivity index (χ0v) is 18.9. The van der Waals surface area contributed by atoms with Crippen molar-refractivity contribution in [1.29, 1.82) is 0 Å². The molecule has 0 radical (unpaired) electrons. The lowest BCUT2D eigenvalue weighted by Gasteiger charge is -2.14. The Morgan fingerprint density at radius 3 is 2.44 bits per heavy atom. The fourth-order valence-corrected chi connectivity index (χ4v) is 3.89. The highest BCUT2D eigenvalue weighted by atomic mass is 32.1. The highest BCUT2D eigenvalue weighted by Gasteiger charge is 2.17. The summed E-state index contributed by atoms with van der Waals surface area (Å²) in [6, 6.07) is 19.9. The monoisotopic (exact) mass is 444 g/mol. The lowest BCUT2D eigenvalue weighted by Crippen LogP contribution is -2.41. The van der Waals surface area contributed by atoms with Crippen LogP contribution in [0.5, 0.6) is 0 Å². The maximum atomic E-state index is 6.47. The van der Waals surface area contributed by atoms with Crippen molar-refractivity contribution in [3.63, 3.8) is 0 Å². The van der Waals surface area contributed by atoms with E-state index in [0.29, 0.717) is 23.6 Å². The molecule has 0 saturated heterocycles. The van der Waals surface area contributed by atoms with E-state index in [9.17, 15) is 0 Å². The van der Waals surface area contributed by atoms with E-state index in [4.69, 9.17) is 18.0 Å². The maximum absolute atomic E-state index is 6.47. The van der Waals surface area contributed by atoms with E-state index in [0.717, 1.165) is 29.0 Å². The molecule has 4 aromatic rings. The predicted octanol–water partition coefficient (Wildman–Crippen LogP) is 3.95. The Morgan fingerprint density at radius 2 is 1.69 bits per heavy atom. The summed E-state index contributed by atoms with van der Waals surface area (Å²) in [6.45, 7) is 4.42. The lowest BCUT2D eigenvalue weighted by molar-refractivity contribution is -0.404. The number of rotatable bonds is 5. The molecule has 32 heavy (non-hydrogen) atoms. The van der Waals surface area contributed by atoms with Crippen LogP contribution in [-0.4, -0.2) is 37.1 Å². The van der Waals surface area contributed by atoms with Gasteiger partial charge < -0.3 is 10.7 Å². The number of anilines is 2. The zero-order chi connectivity index (χ0) is 22.5. The lowest BCUT2D eigenvalue weighted by atomic mass is 10.1. The number of nitrogens with zero attached hydrogens (tertiary/aromatic N) is 3. The first kappa shape index (κ1) is 21.5. The van der Waals surface area contributed by atoms with E-state index in [1.54, 1.807) is 0 Å². The summed E-state index contributed by atoms with van der Waals surface area (Å²) in [6.07, 6.45) is 2.78. The Hall–Kier alpha value is -3.78. The molecule has 2 aromatic carbocycles. The molecule has 5 N–H and O–H groups in total. The van der Waals surface area contributed by atoms with Gasteiger partial charge in [0, 0.05) is 34.9 Å². The molecule has 0 fully saturated rings. The number of aromatic amines is 1. The Kier molecular flexibility index (Phi) is 6.42. The summed E-state index contributed by atoms with van der Waals surface area (Å²) in [5, 5.41) is 8.07. The van der Waals surface area contributed by atoms with E-state index in [2.05, 4.69) is 37.7 Å². The van der Waals surface area contributed by atoms with Crippen LogP contribution in [0.25, 0.3) is 10.9 Å². The minimum atomic E-state index is 0.364. The summed E-state index contributed by atoms with van der Waals surface area (Å²) in [7, 11) is 0. The number of aryl methyl sites for hydroxylation is 2. The molecular formula is C24H26N7S+. The Balaban J connectivity index is 1.61. The van der Waals surface area contributed by atoms with Gasteiger partial charge in [-0.2, -0.15) is 0 Å². The summed E-state index contributed by atoms with van der Waals surface area (Å²) in [5.74, 6) is 0.808. The standard InChI is InChI=1S/C24H25N7S/c1-16-14-17(2)28-23(27-16)30-22(25)31(24(32)29-19-8-4-3-5-9-19)13-12-18-15-26-21-11-7-6-10-20(18)21/h3-11,14-15,26H,12-13H2,1-2H3,(H3,25,27,28,29,30,32)/p+1. The molecule has 2 aromatic heterocycles. The molecule has 0 aliphatic heterocycles. The second-order valence-corrected chi connectivity index (χ2v) is 7.93. The minimum absolute atomic E-state index is 0.364. The quantitative estimate of drug-likeness (QED) is 0.161. The third-order valence-corrected chi connectivity index (χ3v) is 5.39. The van der Waals surface area contributed by atoms with Crippen molar-refractivity contribution in [2.24, 2.45) is 5.73 Å². The molecule has 0 saturated carbocycles. The molecule has 0 aliphatic carbocycles. The average molecular weight is 445 g/mol. The van der Waals surface area contributed by atoms with Crippen molar-refractivity contribution >= 4 is 45.8 Å². The number of nitrogens with two attached hydrogens (primary N) is 1. The van der Waals surface area contributed by atoms with E-state index in [-0.39, 0.29) is 0 Å². The van der Waals surface area contributed by atoms with Crippen molar-refractivity contribution in [2.75, 3.05) is 17.2 Å². The fraction of sp³-hybridized carbons (Fsp3) is 0.167. The van der Waals surface area contributed by atoms with Gasteiger partial charge in [0.1, 0.15) is 0 Å². The predicted molar refractivity (Wildman–Crippen MR) is 134 cm³/mol. The van der Waals surface area contributed by atoms with E-state index in [1.807, 2.05) is 73.2 Å². The van der Waals surface area contributed by atoms with E-state index < -0.39 is 0 Å². The number of hydrogen-bond acceptors (Lipinski definition) is 3. The van der Waals surface area contributed by atoms with Crippen LogP contribution in [-0.2, 0) is 6.42 Å². The van der Waals surface area contributed by atoms with Crippen molar-refractivity contribution in [1.82, 2.24) is 15.0 Å². The molecule has 7 nitrogen and oxygen atoms in total. The number of para-hydroxylation sites is 2. The summed E-state index contributed by atoms with van der Waals surface area (Å²) < 4.78 is 1.84. The van der Waals surface area contributed by atoms with Gasteiger partial charge in [0.2, 0.25) is 0 Å². The van der Waals surface area contributed by atoms with Crippen molar-refractivity contribution in [3.8, 4) is 0 Å². The van der Waals surface area contributed by atoms with Crippen LogP contribution in [0.3, 0.4) is 0 Å². The smallest absolute Gasteiger partial charge is 0.315 e. The number of benzene rings is 2. The number of fused-ring (bicyclic) bond motifs is 1. The second-order valence-electron chi connectivity index (χ2n) is 7.54. The molecule has 0 atom stereocenters. The maximum Gasteiger partial charge on any atom is 0.315 e. The Morgan fingerprint density at radius 1 is 1.00 bits per heavy atom. The van der Waals surface area contributed by atoms with Crippen LogP contribution in [0.1, 0.15) is 17.0 Å². The summed E-state index contributed by atoms with van der Waals surface area (Å²) in [5.41, 5.74) is 11.4. The van der Waals surface area contributed by atoms with Gasteiger partial charge in [-0.1, -0.05) is 36.4 Å². The van der Waals surface area contributed by atoms with Gasteiger partial charge in [-0.15, -0.1) is 0 Å². The molecule has 0 unspecified atom stereocenters. The van der Waals surface area contributed by atoms with Crippen LogP contribution >= 0.6 is 12.2 Å². The molecule has 0 amide bonds. The minimum Gasteiger partial charge on any atom is -0.361 e. The molecular weight excluding hydrogens is 418 g/mol. The van der Waals surface area contributed by atoms with E-state index in [1.165, 1.54) is 10.9 Å². The highest BCUT2D eigenvalue weighted by Crippen LogP contribution is 2.18. The highest BCUT2D eigenvalue weighted by molar-refractivity contribution is 7.80. The van der Waals surface area contributed by atoms with Crippen LogP contribution in [0.4, 0.5) is 11.6 Å². The molecule has 162 valence electrons. The first-order chi connectivity index (χ1) is 15.5. The normalized spacial score (nSPS) is 11.8. The fourth-order valence-electron chi connectivity index (χ4n) is 3.58. The van der Waals surface area contributed by atoms with Gasteiger partial charge in [0.05, 0.1) is 12.2 Å². The van der Waals surface area contributed by atoms with Gasteiger partial charge in [0.25, 0.3) is 11.1 Å². The van der Waals surface area contributed by atoms with Crippen LogP contribution in [0.15, 0.2) is 66.9 Å².